The van der Waals surface area contributed by atoms with Crippen molar-refractivity contribution in [3.8, 4) is 5.82 Å². The maximum atomic E-state index is 13.3. The third-order valence-corrected chi connectivity index (χ3v) is 11.5. The number of likely N-dealkylation sites (tertiary alicyclic amines) is 1. The van der Waals surface area contributed by atoms with Gasteiger partial charge in [-0.05, 0) is 105 Å². The minimum atomic E-state index is -0.205. The molecule has 42 heavy (non-hydrogen) atoms. The first-order valence-corrected chi connectivity index (χ1v) is 16.7. The number of aromatic nitrogens is 6. The predicted molar refractivity (Wildman–Crippen MR) is 165 cm³/mol. The summed E-state index contributed by atoms with van der Waals surface area (Å²) in [6, 6.07) is 10.6. The summed E-state index contributed by atoms with van der Waals surface area (Å²) < 4.78 is 3.03. The zero-order chi connectivity index (χ0) is 28.3. The topological polar surface area (TPSA) is 90.9 Å². The molecule has 4 aromatic rings. The van der Waals surface area contributed by atoms with E-state index in [0.29, 0.717) is 17.2 Å². The Bertz CT molecular complexity index is 1660. The molecule has 1 aromatic carbocycles. The third kappa shape index (κ3) is 4.37. The Morgan fingerprint density at radius 2 is 1.69 bits per heavy atom. The fourth-order valence-corrected chi connectivity index (χ4v) is 9.08. The molecule has 2 aliphatic heterocycles. The van der Waals surface area contributed by atoms with Crippen LogP contribution in [0.5, 0.6) is 0 Å². The van der Waals surface area contributed by atoms with Crippen LogP contribution in [0.1, 0.15) is 105 Å². The van der Waals surface area contributed by atoms with Gasteiger partial charge in [0.05, 0.1) is 16.3 Å². The molecule has 3 aromatic heterocycles. The van der Waals surface area contributed by atoms with Crippen molar-refractivity contribution in [2.24, 2.45) is 5.92 Å². The summed E-state index contributed by atoms with van der Waals surface area (Å²) in [5.41, 5.74) is 4.11. The van der Waals surface area contributed by atoms with E-state index in [1.807, 2.05) is 18.3 Å². The Hall–Kier alpha value is -2.91. The van der Waals surface area contributed by atoms with Crippen LogP contribution < -0.4 is 10.8 Å². The van der Waals surface area contributed by atoms with E-state index >= 15 is 0 Å². The van der Waals surface area contributed by atoms with Crippen LogP contribution >= 0.6 is 15.9 Å². The number of rotatable bonds is 4. The van der Waals surface area contributed by atoms with Crippen LogP contribution in [-0.4, -0.2) is 49.3 Å². The van der Waals surface area contributed by atoms with E-state index in [1.54, 1.807) is 0 Å². The molecule has 2 aliphatic carbocycles. The van der Waals surface area contributed by atoms with Crippen molar-refractivity contribution in [2.45, 2.75) is 87.9 Å². The van der Waals surface area contributed by atoms with E-state index in [4.69, 9.17) is 9.97 Å². The quantitative estimate of drug-likeness (QED) is 0.274. The number of halogens is 1. The molecule has 2 saturated carbocycles. The van der Waals surface area contributed by atoms with Gasteiger partial charge in [0.15, 0.2) is 0 Å². The van der Waals surface area contributed by atoms with Crippen LogP contribution in [0.4, 0.5) is 0 Å². The van der Waals surface area contributed by atoms with E-state index in [0.717, 1.165) is 84.9 Å². The second-order valence-corrected chi connectivity index (χ2v) is 14.0. The second kappa shape index (κ2) is 10.7. The first-order chi connectivity index (χ1) is 20.6. The van der Waals surface area contributed by atoms with Crippen LogP contribution in [-0.2, 0) is 5.41 Å². The van der Waals surface area contributed by atoms with Crippen molar-refractivity contribution in [2.75, 3.05) is 19.6 Å². The van der Waals surface area contributed by atoms with E-state index in [1.165, 1.54) is 49.9 Å². The van der Waals surface area contributed by atoms with Gasteiger partial charge < -0.3 is 20.3 Å². The maximum absolute atomic E-state index is 13.3. The summed E-state index contributed by atoms with van der Waals surface area (Å²) in [4.78, 5) is 26.2. The molecule has 9 heteroatoms. The summed E-state index contributed by atoms with van der Waals surface area (Å²) in [6.45, 7) is 3.47. The summed E-state index contributed by atoms with van der Waals surface area (Å²) in [6.07, 6.45) is 14.7. The van der Waals surface area contributed by atoms with E-state index in [9.17, 15) is 4.79 Å². The van der Waals surface area contributed by atoms with Gasteiger partial charge in [-0.1, -0.05) is 31.4 Å². The summed E-state index contributed by atoms with van der Waals surface area (Å²) in [5, 5.41) is 12.6. The van der Waals surface area contributed by atoms with Crippen molar-refractivity contribution in [3.63, 3.8) is 0 Å². The predicted octanol–water partition coefficient (Wildman–Crippen LogP) is 6.01. The van der Waals surface area contributed by atoms with Crippen LogP contribution in [0, 0.1) is 5.92 Å². The van der Waals surface area contributed by atoms with Crippen molar-refractivity contribution in [3.05, 3.63) is 74.1 Å². The van der Waals surface area contributed by atoms with Gasteiger partial charge in [-0.3, -0.25) is 9.36 Å². The Balaban J connectivity index is 1.03. The van der Waals surface area contributed by atoms with Crippen molar-refractivity contribution < 1.29 is 0 Å². The number of nitrogens with zero attached hydrogens (tertiary/aromatic N) is 7. The fourth-order valence-electron chi connectivity index (χ4n) is 8.56. The molecule has 0 atom stereocenters. The van der Waals surface area contributed by atoms with Gasteiger partial charge in [0, 0.05) is 46.0 Å². The number of hydrogen-bond acceptors (Lipinski definition) is 6. The van der Waals surface area contributed by atoms with Gasteiger partial charge in [-0.2, -0.15) is 4.98 Å². The third-order valence-electron chi connectivity index (χ3n) is 10.8. The van der Waals surface area contributed by atoms with Crippen LogP contribution in [0.2, 0.25) is 0 Å². The standard InChI is InChI=1S/C33H37BrN7O/c34-25-5-4-6-28-29(25)31(42)37-32-33(15-2-1-3-16-33)24-11-12-26(36-30(24)41(28)32)23-13-17-40(18-14-23)20-21-7-9-22(10-8-21)27-19-35-39-38-27/h4-6,11-12,19,21-23H,1-3,7-10,13-18,20H2/q-1. The van der Waals surface area contributed by atoms with Gasteiger partial charge in [0.1, 0.15) is 11.6 Å². The average molecular weight is 628 g/mol. The highest BCUT2D eigenvalue weighted by Crippen LogP contribution is 2.51. The molecular weight excluding hydrogens is 590 g/mol. The number of benzene rings is 1. The smallest absolute Gasteiger partial charge is 0.281 e. The monoisotopic (exact) mass is 626 g/mol. The molecule has 8 rings (SSSR count). The first-order valence-electron chi connectivity index (χ1n) is 15.9. The molecule has 8 nitrogen and oxygen atoms in total. The lowest BCUT2D eigenvalue weighted by Gasteiger charge is -2.36. The van der Waals surface area contributed by atoms with Gasteiger partial charge in [-0.15, -0.1) is 0 Å². The van der Waals surface area contributed by atoms with Gasteiger partial charge >= 0.3 is 0 Å². The lowest BCUT2D eigenvalue weighted by molar-refractivity contribution is 0.158. The summed E-state index contributed by atoms with van der Waals surface area (Å²) in [5.74, 6) is 3.68. The lowest BCUT2D eigenvalue weighted by atomic mass is 9.70. The molecule has 218 valence electrons. The number of hydrogen-bond donors (Lipinski definition) is 0. The Labute approximate surface area is 254 Å². The zero-order valence-corrected chi connectivity index (χ0v) is 25.6. The Morgan fingerprint density at radius 1 is 0.905 bits per heavy atom. The molecule has 1 saturated heterocycles. The minimum absolute atomic E-state index is 0.140. The highest BCUT2D eigenvalue weighted by atomic mass is 79.9. The lowest BCUT2D eigenvalue weighted by Crippen LogP contribution is -2.37. The van der Waals surface area contributed by atoms with E-state index < -0.39 is 0 Å². The average Bonchev–Trinajstić information content (AvgIpc) is 3.65. The highest BCUT2D eigenvalue weighted by molar-refractivity contribution is 9.10. The molecule has 5 heterocycles. The molecule has 1 spiro atoms. The molecule has 0 N–H and O–H groups in total. The van der Waals surface area contributed by atoms with Crippen molar-refractivity contribution in [1.82, 2.24) is 34.8 Å². The van der Waals surface area contributed by atoms with Crippen LogP contribution in [0.25, 0.3) is 16.7 Å². The van der Waals surface area contributed by atoms with Gasteiger partial charge in [0.2, 0.25) is 0 Å². The molecule has 0 bridgehead atoms. The number of pyridine rings is 1. The molecule has 4 aliphatic rings. The summed E-state index contributed by atoms with van der Waals surface area (Å²) in [7, 11) is 0. The first kappa shape index (κ1) is 26.7. The van der Waals surface area contributed by atoms with Gasteiger partial charge in [-0.25, -0.2) is 4.98 Å². The normalized spacial score (nSPS) is 24.2. The fraction of sp³-hybridized carbons (Fsp3) is 0.545. The number of fused-ring (bicyclic) bond motifs is 7. The highest BCUT2D eigenvalue weighted by Gasteiger charge is 2.47. The number of piperidine rings is 1. The second-order valence-electron chi connectivity index (χ2n) is 13.1. The maximum Gasteiger partial charge on any atom is 0.281 e. The minimum Gasteiger partial charge on any atom is -0.493 e. The van der Waals surface area contributed by atoms with E-state index in [-0.39, 0.29) is 11.0 Å². The van der Waals surface area contributed by atoms with E-state index in [2.05, 4.69) is 59.0 Å². The molecular formula is C33H37BrN7O-. The van der Waals surface area contributed by atoms with Crippen LogP contribution in [0.3, 0.4) is 0 Å². The molecule has 0 amide bonds. The Morgan fingerprint density at radius 3 is 2.45 bits per heavy atom. The molecule has 3 fully saturated rings. The largest absolute Gasteiger partial charge is 0.493 e. The molecule has 0 unspecified atom stereocenters. The van der Waals surface area contributed by atoms with Crippen molar-refractivity contribution in [1.29, 1.82) is 0 Å². The van der Waals surface area contributed by atoms with Crippen LogP contribution in [0.15, 0.2) is 45.8 Å². The van der Waals surface area contributed by atoms with Crippen molar-refractivity contribution >= 4 is 26.8 Å². The Kier molecular flexibility index (Phi) is 6.78. The van der Waals surface area contributed by atoms with Gasteiger partial charge in [0.25, 0.3) is 5.56 Å². The summed E-state index contributed by atoms with van der Waals surface area (Å²) >= 11 is 3.63. The molecule has 0 radical (unpaired) electrons. The zero-order valence-electron chi connectivity index (χ0n) is 24.0. The SMILES string of the molecule is O=c1nc2n(c3cccc(Br)c13)-c1nc(C3CCN(CC4CCC(c5cn[n-]n5)CC4)CC3)ccc1C21CCCCC1.